The van der Waals surface area contributed by atoms with E-state index >= 15 is 0 Å². The fourth-order valence-corrected chi connectivity index (χ4v) is 7.66. The van der Waals surface area contributed by atoms with Gasteiger partial charge in [0, 0.05) is 49.6 Å². The molecule has 0 saturated heterocycles. The van der Waals surface area contributed by atoms with Gasteiger partial charge in [0.25, 0.3) is 0 Å². The summed E-state index contributed by atoms with van der Waals surface area (Å²) in [6.07, 6.45) is 1.90. The highest BCUT2D eigenvalue weighted by atomic mass is 15.0. The van der Waals surface area contributed by atoms with Gasteiger partial charge in [-0.2, -0.15) is 0 Å². The van der Waals surface area contributed by atoms with Crippen LogP contribution in [0.15, 0.2) is 183 Å². The molecule has 0 aliphatic heterocycles. The minimum absolute atomic E-state index is 0.689. The Labute approximate surface area is 301 Å². The highest BCUT2D eigenvalue weighted by Crippen LogP contribution is 2.36. The zero-order chi connectivity index (χ0) is 34.6. The molecule has 0 amide bonds. The first kappa shape index (κ1) is 29.8. The molecule has 0 bridgehead atoms. The first-order valence-electron chi connectivity index (χ1n) is 17.5. The van der Waals surface area contributed by atoms with Gasteiger partial charge in [-0.15, -0.1) is 0 Å². The lowest BCUT2D eigenvalue weighted by Gasteiger charge is -2.13. The van der Waals surface area contributed by atoms with Crippen LogP contribution >= 0.6 is 0 Å². The third kappa shape index (κ3) is 4.84. The molecule has 0 saturated carbocycles. The van der Waals surface area contributed by atoms with E-state index in [9.17, 15) is 0 Å². The molecular formula is C48H32N4. The van der Waals surface area contributed by atoms with Crippen molar-refractivity contribution in [3.05, 3.63) is 188 Å². The van der Waals surface area contributed by atoms with E-state index < -0.39 is 0 Å². The van der Waals surface area contributed by atoms with E-state index in [2.05, 4.69) is 173 Å². The van der Waals surface area contributed by atoms with E-state index in [0.29, 0.717) is 5.82 Å². The molecule has 7 aromatic carbocycles. The Morgan fingerprint density at radius 2 is 0.846 bits per heavy atom. The number of fused-ring (bicyclic) bond motifs is 6. The molecule has 0 radical (unpaired) electrons. The molecule has 0 N–H and O–H groups in total. The van der Waals surface area contributed by atoms with Crippen LogP contribution in [-0.4, -0.2) is 19.1 Å². The zero-order valence-corrected chi connectivity index (χ0v) is 28.3. The molecule has 0 atom stereocenters. The maximum Gasteiger partial charge on any atom is 0.160 e. The number of rotatable bonds is 6. The van der Waals surface area contributed by atoms with E-state index in [-0.39, 0.29) is 0 Å². The van der Waals surface area contributed by atoms with Crippen LogP contribution in [-0.2, 0) is 0 Å². The van der Waals surface area contributed by atoms with Crippen LogP contribution in [0, 0.1) is 0 Å². The predicted molar refractivity (Wildman–Crippen MR) is 217 cm³/mol. The summed E-state index contributed by atoms with van der Waals surface area (Å²) in [6.45, 7) is 4.01. The van der Waals surface area contributed by atoms with Gasteiger partial charge in [0.15, 0.2) is 5.82 Å². The summed E-state index contributed by atoms with van der Waals surface area (Å²) in [5.41, 5.74) is 12.7. The number of hydrogen-bond donors (Lipinski definition) is 0. The van der Waals surface area contributed by atoms with Gasteiger partial charge < -0.3 is 9.13 Å². The van der Waals surface area contributed by atoms with Gasteiger partial charge in [0.1, 0.15) is 0 Å². The van der Waals surface area contributed by atoms with Crippen molar-refractivity contribution < 1.29 is 0 Å². The van der Waals surface area contributed by atoms with E-state index in [1.165, 1.54) is 32.6 Å². The molecule has 52 heavy (non-hydrogen) atoms. The molecule has 4 nitrogen and oxygen atoms in total. The second-order valence-electron chi connectivity index (χ2n) is 13.1. The Balaban J connectivity index is 1.15. The highest BCUT2D eigenvalue weighted by molar-refractivity contribution is 6.10. The van der Waals surface area contributed by atoms with Crippen molar-refractivity contribution in [2.24, 2.45) is 0 Å². The Kier molecular flexibility index (Phi) is 6.93. The third-order valence-electron chi connectivity index (χ3n) is 10.1. The lowest BCUT2D eigenvalue weighted by atomic mass is 10.1. The maximum atomic E-state index is 5.19. The summed E-state index contributed by atoms with van der Waals surface area (Å²) in [5.74, 6) is 0.689. The monoisotopic (exact) mass is 664 g/mol. The standard InChI is InChI=1S/C48H32N4/c1-2-32-26-27-47-41(28-32)40-22-8-11-25-46(40)52(47)37-19-13-17-35(30-37)43-31-42(49-48(50-43)33-14-4-3-5-15-33)34-16-12-18-36(29-34)51-44-23-9-6-20-38(44)39-21-7-10-24-45(39)51/h2-31H,1H2. The second kappa shape index (κ2) is 12.1. The summed E-state index contributed by atoms with van der Waals surface area (Å²) in [7, 11) is 0. The second-order valence-corrected chi connectivity index (χ2v) is 13.1. The molecule has 0 aliphatic rings. The van der Waals surface area contributed by atoms with Crippen LogP contribution < -0.4 is 0 Å². The largest absolute Gasteiger partial charge is 0.309 e. The summed E-state index contributed by atoms with van der Waals surface area (Å²) < 4.78 is 4.69. The average Bonchev–Trinajstić information content (AvgIpc) is 3.74. The Hall–Kier alpha value is -7.04. The van der Waals surface area contributed by atoms with Gasteiger partial charge >= 0.3 is 0 Å². The first-order valence-corrected chi connectivity index (χ1v) is 17.5. The molecule has 3 heterocycles. The van der Waals surface area contributed by atoms with E-state index in [4.69, 9.17) is 9.97 Å². The summed E-state index contributed by atoms with van der Waals surface area (Å²) in [4.78, 5) is 10.4. The van der Waals surface area contributed by atoms with E-state index in [0.717, 1.165) is 56.0 Å². The minimum Gasteiger partial charge on any atom is -0.309 e. The Morgan fingerprint density at radius 3 is 1.38 bits per heavy atom. The van der Waals surface area contributed by atoms with Gasteiger partial charge in [-0.05, 0) is 66.2 Å². The number of nitrogens with zero attached hydrogens (tertiary/aromatic N) is 4. The lowest BCUT2D eigenvalue weighted by Crippen LogP contribution is -1.99. The number of aromatic nitrogens is 4. The van der Waals surface area contributed by atoms with Crippen molar-refractivity contribution in [1.29, 1.82) is 0 Å². The van der Waals surface area contributed by atoms with Crippen LogP contribution in [0.1, 0.15) is 5.56 Å². The molecule has 10 aromatic rings. The molecular weight excluding hydrogens is 633 g/mol. The van der Waals surface area contributed by atoms with Crippen molar-refractivity contribution in [2.75, 3.05) is 0 Å². The van der Waals surface area contributed by atoms with Crippen molar-refractivity contribution in [2.45, 2.75) is 0 Å². The Morgan fingerprint density at radius 1 is 0.385 bits per heavy atom. The van der Waals surface area contributed by atoms with Crippen molar-refractivity contribution in [1.82, 2.24) is 19.1 Å². The minimum atomic E-state index is 0.689. The smallest absolute Gasteiger partial charge is 0.160 e. The number of hydrogen-bond acceptors (Lipinski definition) is 2. The molecule has 4 heteroatoms. The SMILES string of the molecule is C=Cc1ccc2c(c1)c1ccccc1n2-c1cccc(-c2cc(-c3cccc(-n4c5ccccc5c5ccccc54)c3)nc(-c3ccccc3)n2)c1. The molecule has 0 aliphatic carbocycles. The van der Waals surface area contributed by atoms with E-state index in [1.807, 2.05) is 24.3 Å². The van der Waals surface area contributed by atoms with E-state index in [1.54, 1.807) is 0 Å². The van der Waals surface area contributed by atoms with Crippen LogP contribution in [0.2, 0.25) is 0 Å². The van der Waals surface area contributed by atoms with Gasteiger partial charge in [-0.1, -0.05) is 128 Å². The van der Waals surface area contributed by atoms with Crippen LogP contribution in [0.5, 0.6) is 0 Å². The fraction of sp³-hybridized carbons (Fsp3) is 0. The summed E-state index contributed by atoms with van der Waals surface area (Å²) >= 11 is 0. The maximum absolute atomic E-state index is 5.19. The first-order chi connectivity index (χ1) is 25.7. The topological polar surface area (TPSA) is 35.6 Å². The molecule has 0 fully saturated rings. The fourth-order valence-electron chi connectivity index (χ4n) is 7.66. The van der Waals surface area contributed by atoms with Crippen LogP contribution in [0.4, 0.5) is 0 Å². The number of para-hydroxylation sites is 3. The molecule has 3 aromatic heterocycles. The summed E-state index contributed by atoms with van der Waals surface area (Å²) in [5, 5.41) is 4.90. The van der Waals surface area contributed by atoms with Gasteiger partial charge in [-0.25, -0.2) is 9.97 Å². The predicted octanol–water partition coefficient (Wildman–Crippen LogP) is 12.3. The molecule has 0 unspecified atom stereocenters. The van der Waals surface area contributed by atoms with Crippen molar-refractivity contribution in [3.63, 3.8) is 0 Å². The lowest BCUT2D eigenvalue weighted by molar-refractivity contribution is 1.16. The molecule has 244 valence electrons. The van der Waals surface area contributed by atoms with Gasteiger partial charge in [-0.3, -0.25) is 0 Å². The quantitative estimate of drug-likeness (QED) is 0.177. The number of benzene rings is 7. The van der Waals surface area contributed by atoms with Crippen molar-refractivity contribution in [3.8, 4) is 45.3 Å². The van der Waals surface area contributed by atoms with Crippen molar-refractivity contribution >= 4 is 49.7 Å². The summed E-state index contributed by atoms with van der Waals surface area (Å²) in [6, 6.07) is 62.1. The van der Waals surface area contributed by atoms with Gasteiger partial charge in [0.05, 0.1) is 33.5 Å². The molecule has 0 spiro atoms. The Bertz CT molecular complexity index is 2930. The average molecular weight is 665 g/mol. The van der Waals surface area contributed by atoms with Crippen LogP contribution in [0.3, 0.4) is 0 Å². The van der Waals surface area contributed by atoms with Gasteiger partial charge in [0.2, 0.25) is 0 Å². The highest BCUT2D eigenvalue weighted by Gasteiger charge is 2.17. The van der Waals surface area contributed by atoms with Crippen LogP contribution in [0.25, 0.3) is 95.0 Å². The zero-order valence-electron chi connectivity index (χ0n) is 28.3. The molecule has 10 rings (SSSR count). The third-order valence-corrected chi connectivity index (χ3v) is 10.1. The normalized spacial score (nSPS) is 11.5.